The molecule has 1 spiro atoms. The predicted octanol–water partition coefficient (Wildman–Crippen LogP) is 8.04. The van der Waals surface area contributed by atoms with Gasteiger partial charge in [0.2, 0.25) is 5.91 Å². The van der Waals surface area contributed by atoms with E-state index in [1.807, 2.05) is 18.2 Å². The SMILES string of the molecule is COc1cc(C(=O)O)ccc1NC(=O)[C@@H]1NC(CC(C)(C)C)[C@@]2(CN(CCc3ccc(C(=O)O)cc3)c3cc(Cl)ccc32)[C@H]1c1cccc(Cl)c1F. The van der Waals surface area contributed by atoms with Gasteiger partial charge in [0.15, 0.2) is 0 Å². The Morgan fingerprint density at radius 3 is 2.33 bits per heavy atom. The van der Waals surface area contributed by atoms with Gasteiger partial charge in [-0.15, -0.1) is 0 Å². The Hall–Kier alpha value is -4.64. The van der Waals surface area contributed by atoms with E-state index in [-0.39, 0.29) is 44.6 Å². The topological polar surface area (TPSA) is 128 Å². The van der Waals surface area contributed by atoms with E-state index in [1.165, 1.54) is 31.4 Å². The van der Waals surface area contributed by atoms with Gasteiger partial charge in [0.05, 0.1) is 35.0 Å². The molecule has 2 heterocycles. The lowest BCUT2D eigenvalue weighted by Gasteiger charge is -2.40. The van der Waals surface area contributed by atoms with Crippen molar-refractivity contribution in [3.05, 3.63) is 123 Å². The van der Waals surface area contributed by atoms with Crippen LogP contribution in [0, 0.1) is 11.2 Å². The molecule has 0 bridgehead atoms. The summed E-state index contributed by atoms with van der Waals surface area (Å²) < 4.78 is 21.9. The van der Waals surface area contributed by atoms with Crippen LogP contribution in [-0.4, -0.2) is 60.3 Å². The highest BCUT2D eigenvalue weighted by atomic mass is 35.5. The van der Waals surface area contributed by atoms with E-state index >= 15 is 4.39 Å². The van der Waals surface area contributed by atoms with Gasteiger partial charge in [-0.25, -0.2) is 14.0 Å². The molecule has 2 aliphatic rings. The second-order valence-electron chi connectivity index (χ2n) is 14.7. The zero-order valence-electron chi connectivity index (χ0n) is 29.2. The third-order valence-electron chi connectivity index (χ3n) is 10.1. The van der Waals surface area contributed by atoms with Crippen molar-refractivity contribution in [1.29, 1.82) is 0 Å². The Labute approximate surface area is 311 Å². The van der Waals surface area contributed by atoms with Crippen molar-refractivity contribution in [1.82, 2.24) is 5.32 Å². The number of methoxy groups -OCH3 is 1. The number of ether oxygens (including phenoxy) is 1. The smallest absolute Gasteiger partial charge is 0.335 e. The van der Waals surface area contributed by atoms with Crippen molar-refractivity contribution in [2.24, 2.45) is 5.41 Å². The van der Waals surface area contributed by atoms with Crippen LogP contribution in [0.2, 0.25) is 10.0 Å². The van der Waals surface area contributed by atoms with Crippen LogP contribution in [-0.2, 0) is 16.6 Å². The Morgan fingerprint density at radius 1 is 0.981 bits per heavy atom. The number of hydrogen-bond donors (Lipinski definition) is 4. The van der Waals surface area contributed by atoms with Gasteiger partial charge in [0.25, 0.3) is 0 Å². The fraction of sp³-hybridized carbons (Fsp3) is 0.325. The van der Waals surface area contributed by atoms with Crippen molar-refractivity contribution in [2.45, 2.75) is 57.0 Å². The highest BCUT2D eigenvalue weighted by molar-refractivity contribution is 6.31. The molecule has 4 aromatic rings. The lowest BCUT2D eigenvalue weighted by Crippen LogP contribution is -2.48. The first-order chi connectivity index (χ1) is 24.6. The van der Waals surface area contributed by atoms with E-state index in [4.69, 9.17) is 27.9 Å². The molecule has 2 aliphatic heterocycles. The van der Waals surface area contributed by atoms with Crippen molar-refractivity contribution in [2.75, 3.05) is 30.4 Å². The number of benzene rings is 4. The molecule has 0 aromatic heterocycles. The number of amides is 1. The molecule has 4 N–H and O–H groups in total. The summed E-state index contributed by atoms with van der Waals surface area (Å²) in [5.41, 5.74) is 2.43. The molecule has 0 aliphatic carbocycles. The molecule has 1 unspecified atom stereocenters. The number of rotatable bonds is 10. The third kappa shape index (κ3) is 7.07. The maximum Gasteiger partial charge on any atom is 0.335 e. The van der Waals surface area contributed by atoms with Crippen molar-refractivity contribution in [3.8, 4) is 5.75 Å². The minimum absolute atomic E-state index is 0.00365. The highest BCUT2D eigenvalue weighted by Crippen LogP contribution is 2.58. The molecule has 0 saturated carbocycles. The summed E-state index contributed by atoms with van der Waals surface area (Å²) in [7, 11) is 1.39. The van der Waals surface area contributed by atoms with Crippen LogP contribution in [0.5, 0.6) is 5.75 Å². The third-order valence-corrected chi connectivity index (χ3v) is 10.7. The Morgan fingerprint density at radius 2 is 1.67 bits per heavy atom. The fourth-order valence-electron chi connectivity index (χ4n) is 7.90. The normalized spacial score (nSPS) is 20.9. The van der Waals surface area contributed by atoms with Crippen molar-refractivity contribution >= 4 is 52.4 Å². The molecular weight excluding hydrogens is 708 g/mol. The average molecular weight is 749 g/mol. The van der Waals surface area contributed by atoms with Crippen LogP contribution in [0.25, 0.3) is 0 Å². The molecule has 6 rings (SSSR count). The molecule has 4 aromatic carbocycles. The van der Waals surface area contributed by atoms with Crippen LogP contribution in [0.1, 0.15) is 70.5 Å². The predicted molar refractivity (Wildman–Crippen MR) is 200 cm³/mol. The van der Waals surface area contributed by atoms with Crippen LogP contribution in [0.4, 0.5) is 15.8 Å². The Kier molecular flexibility index (Phi) is 10.3. The first-order valence-corrected chi connectivity index (χ1v) is 17.7. The summed E-state index contributed by atoms with van der Waals surface area (Å²) in [6.45, 7) is 7.32. The Bertz CT molecular complexity index is 2030. The van der Waals surface area contributed by atoms with Crippen LogP contribution in [0.15, 0.2) is 78.9 Å². The highest BCUT2D eigenvalue weighted by Gasteiger charge is 2.63. The van der Waals surface area contributed by atoms with Gasteiger partial charge in [0, 0.05) is 41.2 Å². The average Bonchev–Trinajstić information content (AvgIpc) is 3.58. The van der Waals surface area contributed by atoms with Crippen LogP contribution >= 0.6 is 23.2 Å². The van der Waals surface area contributed by atoms with Gasteiger partial charge < -0.3 is 30.5 Å². The van der Waals surface area contributed by atoms with Gasteiger partial charge in [-0.1, -0.05) is 74.3 Å². The summed E-state index contributed by atoms with van der Waals surface area (Å²) >= 11 is 13.1. The van der Waals surface area contributed by atoms with Crippen molar-refractivity contribution < 1.29 is 33.7 Å². The number of carboxylic acids is 2. The molecular formula is C40H40Cl2FN3O6. The number of aromatic carboxylic acids is 2. The van der Waals surface area contributed by atoms with Gasteiger partial charge in [-0.3, -0.25) is 4.79 Å². The number of carbonyl (C=O) groups excluding carboxylic acids is 1. The summed E-state index contributed by atoms with van der Waals surface area (Å²) in [6.07, 6.45) is 1.21. The second kappa shape index (κ2) is 14.4. The summed E-state index contributed by atoms with van der Waals surface area (Å²) in [6, 6.07) is 20.2. The number of carbonyl (C=O) groups is 3. The number of hydrogen-bond acceptors (Lipinski definition) is 6. The first kappa shape index (κ1) is 37.1. The monoisotopic (exact) mass is 747 g/mol. The lowest BCUT2D eigenvalue weighted by molar-refractivity contribution is -0.118. The van der Waals surface area contributed by atoms with Crippen LogP contribution < -0.4 is 20.3 Å². The number of nitrogens with one attached hydrogen (secondary N) is 2. The van der Waals surface area contributed by atoms with E-state index in [1.54, 1.807) is 36.4 Å². The molecule has 52 heavy (non-hydrogen) atoms. The summed E-state index contributed by atoms with van der Waals surface area (Å²) in [4.78, 5) is 39.9. The molecule has 0 radical (unpaired) electrons. The number of fused-ring (bicyclic) bond motifs is 2. The molecule has 9 nitrogen and oxygen atoms in total. The van der Waals surface area contributed by atoms with Crippen LogP contribution in [0.3, 0.4) is 0 Å². The molecule has 1 amide bonds. The van der Waals surface area contributed by atoms with E-state index in [0.717, 1.165) is 16.8 Å². The number of carboxylic acid groups (broad SMARTS) is 2. The minimum Gasteiger partial charge on any atom is -0.495 e. The van der Waals surface area contributed by atoms with Crippen molar-refractivity contribution in [3.63, 3.8) is 0 Å². The van der Waals surface area contributed by atoms with Gasteiger partial charge in [-0.05, 0) is 83.5 Å². The van der Waals surface area contributed by atoms with E-state index < -0.39 is 41.0 Å². The largest absolute Gasteiger partial charge is 0.495 e. The van der Waals surface area contributed by atoms with Gasteiger partial charge in [0.1, 0.15) is 11.6 Å². The lowest BCUT2D eigenvalue weighted by atomic mass is 9.63. The summed E-state index contributed by atoms with van der Waals surface area (Å²) in [5.74, 6) is -3.79. The molecule has 12 heteroatoms. The number of halogens is 3. The zero-order valence-corrected chi connectivity index (χ0v) is 30.7. The maximum atomic E-state index is 16.4. The van der Waals surface area contributed by atoms with E-state index in [0.29, 0.717) is 31.0 Å². The number of nitrogens with zero attached hydrogens (tertiary/aromatic N) is 1. The standard InChI is InChI=1S/C40H40Cl2FN3O6/c1-39(2,3)20-32-40(21-46(30-19-25(41)13-14-27(30)40)17-16-22-8-10-23(11-9-22)37(48)49)33(26-6-5-7-28(42)34(26)43)35(45-32)36(47)44-29-15-12-24(38(50)51)18-31(29)52-4/h5-15,18-19,32-33,35,45H,16-17,20-21H2,1-4H3,(H,44,47)(H,48,49)(H,50,51)/t32?,33-,35+,40-/m0/s1. The Balaban J connectivity index is 1.48. The molecule has 4 atom stereocenters. The molecule has 1 fully saturated rings. The summed E-state index contributed by atoms with van der Waals surface area (Å²) in [5, 5.41) is 26.0. The fourth-order valence-corrected chi connectivity index (χ4v) is 8.25. The van der Waals surface area contributed by atoms with Gasteiger partial charge >= 0.3 is 11.9 Å². The maximum absolute atomic E-state index is 16.4. The first-order valence-electron chi connectivity index (χ1n) is 16.9. The second-order valence-corrected chi connectivity index (χ2v) is 15.5. The zero-order chi connectivity index (χ0) is 37.5. The van der Waals surface area contributed by atoms with E-state index in [2.05, 4.69) is 36.3 Å². The van der Waals surface area contributed by atoms with Gasteiger partial charge in [-0.2, -0.15) is 0 Å². The quantitative estimate of drug-likeness (QED) is 0.128. The molecule has 1 saturated heterocycles. The van der Waals surface area contributed by atoms with E-state index in [9.17, 15) is 24.6 Å². The molecule has 272 valence electrons. The number of anilines is 2. The minimum atomic E-state index is -1.14.